The number of nitrogens with zero attached hydrogens (tertiary/aromatic N) is 1. The van der Waals surface area contributed by atoms with Gasteiger partial charge in [-0.25, -0.2) is 0 Å². The van der Waals surface area contributed by atoms with Gasteiger partial charge in [0, 0.05) is 16.7 Å². The fourth-order valence-corrected chi connectivity index (χ4v) is 2.51. The maximum atomic E-state index is 12.8. The van der Waals surface area contributed by atoms with Gasteiger partial charge < -0.3 is 9.64 Å². The average molecular weight is 348 g/mol. The summed E-state index contributed by atoms with van der Waals surface area (Å²) in [6, 6.07) is 15.1. The van der Waals surface area contributed by atoms with Crippen molar-refractivity contribution in [3.05, 3.63) is 58.6 Å². The summed E-state index contributed by atoms with van der Waals surface area (Å²) in [4.78, 5) is 14.6. The highest BCUT2D eigenvalue weighted by atomic mass is 79.9. The van der Waals surface area contributed by atoms with Crippen LogP contribution in [-0.2, 0) is 0 Å². The second-order valence-electron chi connectivity index (χ2n) is 4.46. The predicted molar refractivity (Wildman–Crippen MR) is 89.1 cm³/mol. The monoisotopic (exact) mass is 347 g/mol. The lowest BCUT2D eigenvalue weighted by molar-refractivity contribution is 0.0984. The lowest BCUT2D eigenvalue weighted by Gasteiger charge is -2.22. The number of carbonyl (C=O) groups excluding carboxylic acids is 1. The summed E-state index contributed by atoms with van der Waals surface area (Å²) >= 11 is 3.42. The highest BCUT2D eigenvalue weighted by Gasteiger charge is 2.20. The van der Waals surface area contributed by atoms with Crippen LogP contribution < -0.4 is 9.64 Å². The molecule has 0 aliphatic carbocycles. The van der Waals surface area contributed by atoms with Crippen LogP contribution in [0.4, 0.5) is 5.69 Å². The molecule has 0 radical (unpaired) electrons. The Morgan fingerprint density at radius 3 is 2.48 bits per heavy atom. The number of benzene rings is 2. The summed E-state index contributed by atoms with van der Waals surface area (Å²) in [5.41, 5.74) is 1.45. The van der Waals surface area contributed by atoms with Gasteiger partial charge in [-0.2, -0.15) is 0 Å². The van der Waals surface area contributed by atoms with Crippen molar-refractivity contribution in [3.8, 4) is 5.75 Å². The van der Waals surface area contributed by atoms with E-state index in [2.05, 4.69) is 15.9 Å². The van der Waals surface area contributed by atoms with Gasteiger partial charge in [0.15, 0.2) is 0 Å². The second-order valence-corrected chi connectivity index (χ2v) is 5.37. The van der Waals surface area contributed by atoms with Gasteiger partial charge in [-0.05, 0) is 44.2 Å². The molecule has 0 N–H and O–H groups in total. The molecule has 0 aliphatic rings. The van der Waals surface area contributed by atoms with Crippen molar-refractivity contribution in [1.29, 1.82) is 0 Å². The molecule has 0 atom stereocenters. The number of para-hydroxylation sites is 1. The third kappa shape index (κ3) is 3.64. The molecule has 21 heavy (non-hydrogen) atoms. The van der Waals surface area contributed by atoms with Crippen molar-refractivity contribution in [2.24, 2.45) is 0 Å². The van der Waals surface area contributed by atoms with Gasteiger partial charge in [0.1, 0.15) is 5.75 Å². The van der Waals surface area contributed by atoms with Gasteiger partial charge in [0.2, 0.25) is 0 Å². The van der Waals surface area contributed by atoms with Crippen molar-refractivity contribution in [1.82, 2.24) is 0 Å². The first-order chi connectivity index (χ1) is 10.2. The summed E-state index contributed by atoms with van der Waals surface area (Å²) in [5.74, 6) is 0.550. The molecular weight excluding hydrogens is 330 g/mol. The largest absolute Gasteiger partial charge is 0.493 e. The standard InChI is InChI=1S/C17H18BrNO2/c1-3-19(14-8-6-5-7-9-14)17(20)15-12-13(18)10-11-16(15)21-4-2/h5-12H,3-4H2,1-2H3. The van der Waals surface area contributed by atoms with E-state index < -0.39 is 0 Å². The zero-order chi connectivity index (χ0) is 15.2. The average Bonchev–Trinajstić information content (AvgIpc) is 2.51. The zero-order valence-electron chi connectivity index (χ0n) is 12.2. The van der Waals surface area contributed by atoms with E-state index in [9.17, 15) is 4.79 Å². The number of hydrogen-bond donors (Lipinski definition) is 0. The van der Waals surface area contributed by atoms with Crippen LogP contribution in [0.15, 0.2) is 53.0 Å². The Kier molecular flexibility index (Phi) is 5.39. The van der Waals surface area contributed by atoms with E-state index in [1.807, 2.05) is 56.3 Å². The summed E-state index contributed by atoms with van der Waals surface area (Å²) in [5, 5.41) is 0. The van der Waals surface area contributed by atoms with Gasteiger partial charge >= 0.3 is 0 Å². The third-order valence-electron chi connectivity index (χ3n) is 3.10. The summed E-state index contributed by atoms with van der Waals surface area (Å²) in [7, 11) is 0. The summed E-state index contributed by atoms with van der Waals surface area (Å²) in [6.45, 7) is 4.99. The second kappa shape index (κ2) is 7.27. The number of halogens is 1. The smallest absolute Gasteiger partial charge is 0.262 e. The fraction of sp³-hybridized carbons (Fsp3) is 0.235. The maximum Gasteiger partial charge on any atom is 0.262 e. The van der Waals surface area contributed by atoms with Gasteiger partial charge in [0.25, 0.3) is 5.91 Å². The first kappa shape index (κ1) is 15.6. The summed E-state index contributed by atoms with van der Waals surface area (Å²) in [6.07, 6.45) is 0. The van der Waals surface area contributed by atoms with Crippen molar-refractivity contribution in [3.63, 3.8) is 0 Å². The SMILES string of the molecule is CCOc1ccc(Br)cc1C(=O)N(CC)c1ccccc1. The van der Waals surface area contributed by atoms with Crippen LogP contribution >= 0.6 is 15.9 Å². The topological polar surface area (TPSA) is 29.5 Å². The first-order valence-corrected chi connectivity index (χ1v) is 7.76. The Hall–Kier alpha value is -1.81. The minimum Gasteiger partial charge on any atom is -0.493 e. The van der Waals surface area contributed by atoms with Gasteiger partial charge in [-0.1, -0.05) is 34.1 Å². The molecule has 0 fully saturated rings. The normalized spacial score (nSPS) is 10.2. The molecule has 0 spiro atoms. The molecular formula is C17H18BrNO2. The Bertz CT molecular complexity index is 613. The van der Waals surface area contributed by atoms with Crippen LogP contribution in [0.1, 0.15) is 24.2 Å². The minimum absolute atomic E-state index is 0.0616. The Morgan fingerprint density at radius 2 is 1.86 bits per heavy atom. The lowest BCUT2D eigenvalue weighted by atomic mass is 10.1. The van der Waals surface area contributed by atoms with Gasteiger partial charge in [-0.3, -0.25) is 4.79 Å². The number of hydrogen-bond acceptors (Lipinski definition) is 2. The molecule has 0 saturated carbocycles. The van der Waals surface area contributed by atoms with E-state index in [4.69, 9.17) is 4.74 Å². The van der Waals surface area contributed by atoms with Crippen LogP contribution in [0.3, 0.4) is 0 Å². The van der Waals surface area contributed by atoms with Crippen LogP contribution in [0, 0.1) is 0 Å². The van der Waals surface area contributed by atoms with E-state index in [1.54, 1.807) is 11.0 Å². The quantitative estimate of drug-likeness (QED) is 0.795. The van der Waals surface area contributed by atoms with E-state index in [0.717, 1.165) is 10.2 Å². The molecule has 1 amide bonds. The van der Waals surface area contributed by atoms with Crippen molar-refractivity contribution in [2.75, 3.05) is 18.1 Å². The molecule has 4 heteroatoms. The van der Waals surface area contributed by atoms with Gasteiger partial charge in [0.05, 0.1) is 12.2 Å². The Morgan fingerprint density at radius 1 is 1.14 bits per heavy atom. The van der Waals surface area contributed by atoms with E-state index in [0.29, 0.717) is 24.5 Å². The maximum absolute atomic E-state index is 12.8. The molecule has 0 saturated heterocycles. The van der Waals surface area contributed by atoms with Gasteiger partial charge in [-0.15, -0.1) is 0 Å². The fourth-order valence-electron chi connectivity index (χ4n) is 2.15. The molecule has 0 aromatic heterocycles. The number of carbonyl (C=O) groups is 1. The number of amides is 1. The van der Waals surface area contributed by atoms with Crippen LogP contribution in [0.2, 0.25) is 0 Å². The lowest BCUT2D eigenvalue weighted by Crippen LogP contribution is -2.31. The molecule has 2 aromatic rings. The predicted octanol–water partition coefficient (Wildman–Crippen LogP) is 4.51. The van der Waals surface area contributed by atoms with E-state index in [1.165, 1.54) is 0 Å². The number of rotatable bonds is 5. The summed E-state index contributed by atoms with van der Waals surface area (Å²) < 4.78 is 6.43. The van der Waals surface area contributed by atoms with Crippen LogP contribution in [0.5, 0.6) is 5.75 Å². The molecule has 0 heterocycles. The highest BCUT2D eigenvalue weighted by Crippen LogP contribution is 2.26. The van der Waals surface area contributed by atoms with Crippen molar-refractivity contribution in [2.45, 2.75) is 13.8 Å². The molecule has 2 aromatic carbocycles. The van der Waals surface area contributed by atoms with Crippen molar-refractivity contribution >= 4 is 27.5 Å². The molecule has 110 valence electrons. The van der Waals surface area contributed by atoms with E-state index >= 15 is 0 Å². The molecule has 0 aliphatic heterocycles. The Balaban J connectivity index is 2.40. The number of anilines is 1. The first-order valence-electron chi connectivity index (χ1n) is 6.96. The van der Waals surface area contributed by atoms with Crippen LogP contribution in [-0.4, -0.2) is 19.1 Å². The molecule has 2 rings (SSSR count). The van der Waals surface area contributed by atoms with Crippen molar-refractivity contribution < 1.29 is 9.53 Å². The minimum atomic E-state index is -0.0616. The molecule has 0 unspecified atom stereocenters. The number of ether oxygens (including phenoxy) is 1. The molecule has 3 nitrogen and oxygen atoms in total. The third-order valence-corrected chi connectivity index (χ3v) is 3.59. The van der Waals surface area contributed by atoms with Crippen LogP contribution in [0.25, 0.3) is 0 Å². The molecule has 0 bridgehead atoms. The Labute approximate surface area is 133 Å². The highest BCUT2D eigenvalue weighted by molar-refractivity contribution is 9.10. The van der Waals surface area contributed by atoms with E-state index in [-0.39, 0.29) is 5.91 Å². The zero-order valence-corrected chi connectivity index (χ0v) is 13.8.